The molecule has 0 aliphatic rings. The van der Waals surface area contributed by atoms with Crippen LogP contribution in [0.25, 0.3) is 0 Å². The van der Waals surface area contributed by atoms with E-state index in [-0.39, 0.29) is 23.1 Å². The number of hydrogen-bond donors (Lipinski definition) is 1. The Balaban J connectivity index is 3.17. The molecule has 6 heteroatoms. The van der Waals surface area contributed by atoms with E-state index in [9.17, 15) is 10.1 Å². The van der Waals surface area contributed by atoms with Crippen LogP contribution in [-0.2, 0) is 0 Å². The maximum Gasteiger partial charge on any atom is 0.328 e. The van der Waals surface area contributed by atoms with Crippen LogP contribution in [0.15, 0.2) is 12.3 Å². The molecule has 1 rings (SSSR count). The van der Waals surface area contributed by atoms with Gasteiger partial charge in [0.25, 0.3) is 0 Å². The first-order chi connectivity index (χ1) is 8.51. The number of nitro groups is 1. The predicted octanol–water partition coefficient (Wildman–Crippen LogP) is 2.71. The highest BCUT2D eigenvalue weighted by molar-refractivity contribution is 5.64. The second kappa shape index (κ2) is 5.96. The van der Waals surface area contributed by atoms with Gasteiger partial charge >= 0.3 is 5.69 Å². The van der Waals surface area contributed by atoms with Crippen molar-refractivity contribution in [3.05, 3.63) is 27.9 Å². The molecule has 0 spiro atoms. The standard InChI is InChI=1S/C12H16N4O2/c1-4-10(8(2)3)15-12-11(16(17)18)9(7-13)5-6-14-12/h5-6,8,10H,4H2,1-3H3,(H,14,15). The highest BCUT2D eigenvalue weighted by atomic mass is 16.6. The van der Waals surface area contributed by atoms with Crippen molar-refractivity contribution in [2.45, 2.75) is 33.2 Å². The largest absolute Gasteiger partial charge is 0.361 e. The van der Waals surface area contributed by atoms with Crippen LogP contribution >= 0.6 is 0 Å². The molecule has 0 saturated heterocycles. The lowest BCUT2D eigenvalue weighted by atomic mass is 10.0. The molecule has 1 aromatic heterocycles. The summed E-state index contributed by atoms with van der Waals surface area (Å²) >= 11 is 0. The molecule has 1 aromatic rings. The van der Waals surface area contributed by atoms with Crippen molar-refractivity contribution in [2.24, 2.45) is 5.92 Å². The average Bonchev–Trinajstić information content (AvgIpc) is 2.34. The molecule has 0 saturated carbocycles. The van der Waals surface area contributed by atoms with Gasteiger partial charge in [-0.15, -0.1) is 0 Å². The lowest BCUT2D eigenvalue weighted by Gasteiger charge is -2.21. The van der Waals surface area contributed by atoms with E-state index in [1.54, 1.807) is 0 Å². The smallest absolute Gasteiger partial charge is 0.328 e. The zero-order chi connectivity index (χ0) is 13.7. The zero-order valence-electron chi connectivity index (χ0n) is 10.7. The van der Waals surface area contributed by atoms with Crippen LogP contribution in [0, 0.1) is 27.4 Å². The van der Waals surface area contributed by atoms with Gasteiger partial charge in [0.05, 0.1) is 4.92 Å². The minimum Gasteiger partial charge on any atom is -0.361 e. The molecule has 1 unspecified atom stereocenters. The number of anilines is 1. The number of rotatable bonds is 5. The van der Waals surface area contributed by atoms with E-state index in [2.05, 4.69) is 10.3 Å². The fraction of sp³-hybridized carbons (Fsp3) is 0.500. The van der Waals surface area contributed by atoms with E-state index >= 15 is 0 Å². The molecule has 0 aliphatic heterocycles. The molecule has 1 heterocycles. The molecule has 0 bridgehead atoms. The number of nitrogens with zero attached hydrogens (tertiary/aromatic N) is 3. The van der Waals surface area contributed by atoms with Crippen LogP contribution in [0.3, 0.4) is 0 Å². The van der Waals surface area contributed by atoms with Crippen LogP contribution in [0.5, 0.6) is 0 Å². The van der Waals surface area contributed by atoms with Crippen LogP contribution in [0.4, 0.5) is 11.5 Å². The van der Waals surface area contributed by atoms with E-state index < -0.39 is 4.92 Å². The van der Waals surface area contributed by atoms with Gasteiger partial charge in [-0.2, -0.15) is 5.26 Å². The van der Waals surface area contributed by atoms with Crippen LogP contribution in [-0.4, -0.2) is 15.9 Å². The first-order valence-corrected chi connectivity index (χ1v) is 5.81. The number of nitrogens with one attached hydrogen (secondary N) is 1. The Labute approximate surface area is 106 Å². The lowest BCUT2D eigenvalue weighted by Crippen LogP contribution is -2.25. The summed E-state index contributed by atoms with van der Waals surface area (Å²) in [6.45, 7) is 6.06. The molecule has 0 radical (unpaired) electrons. The third-order valence-electron chi connectivity index (χ3n) is 2.79. The molecule has 0 amide bonds. The predicted molar refractivity (Wildman–Crippen MR) is 68.1 cm³/mol. The van der Waals surface area contributed by atoms with Gasteiger partial charge in [0.2, 0.25) is 5.82 Å². The van der Waals surface area contributed by atoms with E-state index in [1.165, 1.54) is 12.3 Å². The third kappa shape index (κ3) is 2.94. The van der Waals surface area contributed by atoms with E-state index in [0.717, 1.165) is 6.42 Å². The minimum atomic E-state index is -0.569. The third-order valence-corrected chi connectivity index (χ3v) is 2.79. The van der Waals surface area contributed by atoms with Gasteiger partial charge in [0.1, 0.15) is 11.6 Å². The summed E-state index contributed by atoms with van der Waals surface area (Å²) in [6.07, 6.45) is 2.23. The quantitative estimate of drug-likeness (QED) is 0.638. The first kappa shape index (κ1) is 13.9. The van der Waals surface area contributed by atoms with Gasteiger partial charge in [-0.3, -0.25) is 10.1 Å². The summed E-state index contributed by atoms with van der Waals surface area (Å²) in [6, 6.07) is 3.25. The van der Waals surface area contributed by atoms with Gasteiger partial charge in [-0.1, -0.05) is 20.8 Å². The summed E-state index contributed by atoms with van der Waals surface area (Å²) < 4.78 is 0. The van der Waals surface area contributed by atoms with E-state index in [4.69, 9.17) is 5.26 Å². The number of pyridine rings is 1. The molecule has 18 heavy (non-hydrogen) atoms. The summed E-state index contributed by atoms with van der Waals surface area (Å²) in [7, 11) is 0. The van der Waals surface area contributed by atoms with Crippen LogP contribution in [0.2, 0.25) is 0 Å². The van der Waals surface area contributed by atoms with Gasteiger partial charge in [0.15, 0.2) is 0 Å². The summed E-state index contributed by atoms with van der Waals surface area (Å²) in [5.74, 6) is 0.488. The molecule has 6 nitrogen and oxygen atoms in total. The molecular formula is C12H16N4O2. The Bertz CT molecular complexity index is 479. The van der Waals surface area contributed by atoms with Crippen molar-refractivity contribution >= 4 is 11.5 Å². The monoisotopic (exact) mass is 248 g/mol. The van der Waals surface area contributed by atoms with E-state index in [1.807, 2.05) is 26.8 Å². The van der Waals surface area contributed by atoms with Crippen molar-refractivity contribution in [1.82, 2.24) is 4.98 Å². The van der Waals surface area contributed by atoms with Gasteiger partial charge in [-0.05, 0) is 18.4 Å². The molecular weight excluding hydrogens is 232 g/mol. The molecule has 0 aromatic carbocycles. The van der Waals surface area contributed by atoms with E-state index in [0.29, 0.717) is 5.92 Å². The molecule has 1 N–H and O–H groups in total. The molecule has 0 aliphatic carbocycles. The maximum atomic E-state index is 11.0. The molecule has 0 fully saturated rings. The SMILES string of the molecule is CCC(Nc1nccc(C#N)c1[N+](=O)[O-])C(C)C. The minimum absolute atomic E-state index is 0.0242. The summed E-state index contributed by atoms with van der Waals surface area (Å²) in [4.78, 5) is 14.4. The van der Waals surface area contributed by atoms with Crippen molar-refractivity contribution in [3.63, 3.8) is 0 Å². The van der Waals surface area contributed by atoms with Crippen molar-refractivity contribution in [2.75, 3.05) is 5.32 Å². The van der Waals surface area contributed by atoms with Gasteiger partial charge in [0, 0.05) is 12.2 Å². The fourth-order valence-corrected chi connectivity index (χ4v) is 1.75. The lowest BCUT2D eigenvalue weighted by molar-refractivity contribution is -0.384. The normalized spacial score (nSPS) is 11.9. The maximum absolute atomic E-state index is 11.0. The molecule has 1 atom stereocenters. The van der Waals surface area contributed by atoms with Crippen molar-refractivity contribution in [1.29, 1.82) is 5.26 Å². The topological polar surface area (TPSA) is 91.8 Å². The number of hydrogen-bond acceptors (Lipinski definition) is 5. The summed E-state index contributed by atoms with van der Waals surface area (Å²) in [5.41, 5.74) is -0.227. The zero-order valence-corrected chi connectivity index (χ0v) is 10.7. The Morgan fingerprint density at radius 2 is 2.28 bits per heavy atom. The molecule has 96 valence electrons. The first-order valence-electron chi connectivity index (χ1n) is 5.81. The van der Waals surface area contributed by atoms with Crippen LogP contribution < -0.4 is 5.32 Å². The fourth-order valence-electron chi connectivity index (χ4n) is 1.75. The van der Waals surface area contributed by atoms with Crippen LogP contribution in [0.1, 0.15) is 32.8 Å². The Kier molecular flexibility index (Phi) is 4.60. The Hall–Kier alpha value is -2.16. The van der Waals surface area contributed by atoms with Crippen molar-refractivity contribution < 1.29 is 4.92 Å². The number of nitriles is 1. The highest BCUT2D eigenvalue weighted by Gasteiger charge is 2.23. The average molecular weight is 248 g/mol. The van der Waals surface area contributed by atoms with Gasteiger partial charge in [-0.25, -0.2) is 4.98 Å². The Morgan fingerprint density at radius 1 is 1.61 bits per heavy atom. The second-order valence-corrected chi connectivity index (χ2v) is 4.33. The van der Waals surface area contributed by atoms with Crippen molar-refractivity contribution in [3.8, 4) is 6.07 Å². The number of aromatic nitrogens is 1. The highest BCUT2D eigenvalue weighted by Crippen LogP contribution is 2.27. The summed E-state index contributed by atoms with van der Waals surface area (Å²) in [5, 5.41) is 22.9. The second-order valence-electron chi connectivity index (χ2n) is 4.33. The Morgan fingerprint density at radius 3 is 2.72 bits per heavy atom. The van der Waals surface area contributed by atoms with Gasteiger partial charge < -0.3 is 5.32 Å².